The van der Waals surface area contributed by atoms with Crippen molar-refractivity contribution < 1.29 is 14.3 Å². The van der Waals surface area contributed by atoms with E-state index in [-0.39, 0.29) is 11.9 Å². The van der Waals surface area contributed by atoms with Crippen LogP contribution in [0.2, 0.25) is 0 Å². The number of ether oxygens (including phenoxy) is 1. The van der Waals surface area contributed by atoms with Crippen LogP contribution in [0.25, 0.3) is 0 Å². The van der Waals surface area contributed by atoms with Gasteiger partial charge in [0.2, 0.25) is 0 Å². The Morgan fingerprint density at radius 3 is 2.65 bits per heavy atom. The Morgan fingerprint density at radius 2 is 1.88 bits per heavy atom. The summed E-state index contributed by atoms with van der Waals surface area (Å²) in [5, 5.41) is 6.75. The van der Waals surface area contributed by atoms with E-state index in [2.05, 4.69) is 15.6 Å². The zero-order valence-electron chi connectivity index (χ0n) is 19.6. The second kappa shape index (κ2) is 10.6. The highest BCUT2D eigenvalue weighted by Crippen LogP contribution is 2.36. The van der Waals surface area contributed by atoms with Crippen molar-refractivity contribution in [3.8, 4) is 5.75 Å². The first-order valence-corrected chi connectivity index (χ1v) is 12.2. The number of nitrogens with one attached hydrogen (secondary N) is 2. The third-order valence-corrected chi connectivity index (χ3v) is 6.40. The summed E-state index contributed by atoms with van der Waals surface area (Å²) in [5.74, 6) is 1.37. The number of pyridine rings is 1. The number of hydrogen-bond acceptors (Lipinski definition) is 5. The molecule has 0 aliphatic carbocycles. The highest BCUT2D eigenvalue weighted by molar-refractivity contribution is 7.99. The van der Waals surface area contributed by atoms with Crippen LogP contribution in [0.5, 0.6) is 5.75 Å². The van der Waals surface area contributed by atoms with Gasteiger partial charge in [-0.05, 0) is 62.7 Å². The molecule has 0 bridgehead atoms. The lowest BCUT2D eigenvalue weighted by Crippen LogP contribution is -2.39. The maximum absolute atomic E-state index is 13.0. The molecule has 2 heterocycles. The lowest BCUT2D eigenvalue weighted by atomic mass is 10.1. The SMILES string of the molecule is CCOc1ccccc1CNC(=O)c1ccc(NC(=O)N2CCSc3nc(C)cc(C)c32)cc1. The molecule has 0 spiro atoms. The molecule has 0 radical (unpaired) electrons. The van der Waals surface area contributed by atoms with E-state index in [4.69, 9.17) is 4.74 Å². The summed E-state index contributed by atoms with van der Waals surface area (Å²) < 4.78 is 5.61. The molecule has 2 N–H and O–H groups in total. The number of para-hydroxylation sites is 1. The van der Waals surface area contributed by atoms with Gasteiger partial charge < -0.3 is 15.4 Å². The molecule has 8 heteroatoms. The van der Waals surface area contributed by atoms with Gasteiger partial charge in [-0.2, -0.15) is 0 Å². The van der Waals surface area contributed by atoms with E-state index in [1.807, 2.05) is 51.1 Å². The third kappa shape index (κ3) is 5.34. The molecule has 1 aromatic heterocycles. The van der Waals surface area contributed by atoms with Crippen molar-refractivity contribution in [2.75, 3.05) is 29.1 Å². The van der Waals surface area contributed by atoms with E-state index >= 15 is 0 Å². The number of anilines is 2. The van der Waals surface area contributed by atoms with Gasteiger partial charge in [0.25, 0.3) is 5.91 Å². The van der Waals surface area contributed by atoms with Crippen LogP contribution in [0.4, 0.5) is 16.2 Å². The van der Waals surface area contributed by atoms with Crippen molar-refractivity contribution in [2.45, 2.75) is 32.3 Å². The van der Waals surface area contributed by atoms with E-state index in [1.54, 1.807) is 40.9 Å². The number of fused-ring (bicyclic) bond motifs is 1. The summed E-state index contributed by atoms with van der Waals surface area (Å²) in [7, 11) is 0. The lowest BCUT2D eigenvalue weighted by molar-refractivity contribution is 0.0950. The Morgan fingerprint density at radius 1 is 1.12 bits per heavy atom. The number of benzene rings is 2. The largest absolute Gasteiger partial charge is 0.494 e. The van der Waals surface area contributed by atoms with Gasteiger partial charge in [-0.1, -0.05) is 18.2 Å². The van der Waals surface area contributed by atoms with Crippen LogP contribution in [0, 0.1) is 13.8 Å². The van der Waals surface area contributed by atoms with Crippen molar-refractivity contribution in [3.63, 3.8) is 0 Å². The van der Waals surface area contributed by atoms with Crippen LogP contribution in [-0.4, -0.2) is 35.8 Å². The first-order valence-electron chi connectivity index (χ1n) is 11.2. The predicted molar refractivity (Wildman–Crippen MR) is 136 cm³/mol. The summed E-state index contributed by atoms with van der Waals surface area (Å²) in [6.07, 6.45) is 0. The smallest absolute Gasteiger partial charge is 0.326 e. The second-order valence-electron chi connectivity index (χ2n) is 7.97. The molecule has 7 nitrogen and oxygen atoms in total. The fraction of sp³-hybridized carbons (Fsp3) is 0.269. The van der Waals surface area contributed by atoms with Crippen LogP contribution in [0.15, 0.2) is 59.6 Å². The highest BCUT2D eigenvalue weighted by Gasteiger charge is 2.26. The Kier molecular flexibility index (Phi) is 7.37. The highest BCUT2D eigenvalue weighted by atomic mass is 32.2. The number of thioether (sulfide) groups is 1. The van der Waals surface area contributed by atoms with E-state index in [1.165, 1.54) is 0 Å². The third-order valence-electron chi connectivity index (χ3n) is 5.46. The van der Waals surface area contributed by atoms with Gasteiger partial charge in [0.15, 0.2) is 0 Å². The van der Waals surface area contributed by atoms with Gasteiger partial charge in [0.05, 0.1) is 12.3 Å². The number of rotatable bonds is 6. The molecule has 0 unspecified atom stereocenters. The zero-order chi connectivity index (χ0) is 24.1. The lowest BCUT2D eigenvalue weighted by Gasteiger charge is -2.30. The topological polar surface area (TPSA) is 83.6 Å². The van der Waals surface area contributed by atoms with Crippen molar-refractivity contribution in [2.24, 2.45) is 0 Å². The summed E-state index contributed by atoms with van der Waals surface area (Å²) in [6, 6.07) is 16.3. The van der Waals surface area contributed by atoms with Crippen LogP contribution in [0.1, 0.15) is 34.1 Å². The summed E-state index contributed by atoms with van der Waals surface area (Å²) in [4.78, 5) is 32.0. The Labute approximate surface area is 203 Å². The predicted octanol–water partition coefficient (Wildman–Crippen LogP) is 5.17. The minimum atomic E-state index is -0.208. The number of aryl methyl sites for hydroxylation is 2. The molecule has 0 saturated heterocycles. The molecule has 176 valence electrons. The summed E-state index contributed by atoms with van der Waals surface area (Å²) in [5.41, 5.74) is 4.90. The minimum absolute atomic E-state index is 0.191. The van der Waals surface area contributed by atoms with Gasteiger partial charge in [-0.3, -0.25) is 9.69 Å². The molecule has 3 aromatic rings. The van der Waals surface area contributed by atoms with Crippen LogP contribution >= 0.6 is 11.8 Å². The zero-order valence-corrected chi connectivity index (χ0v) is 20.4. The maximum Gasteiger partial charge on any atom is 0.326 e. The molecule has 0 atom stereocenters. The molecule has 2 aromatic carbocycles. The number of amides is 3. The molecule has 3 amide bonds. The first kappa shape index (κ1) is 23.6. The average molecular weight is 477 g/mol. The summed E-state index contributed by atoms with van der Waals surface area (Å²) >= 11 is 1.67. The van der Waals surface area contributed by atoms with Gasteiger partial charge in [0.1, 0.15) is 10.8 Å². The maximum atomic E-state index is 13.0. The van der Waals surface area contributed by atoms with Gasteiger partial charge in [-0.15, -0.1) is 11.8 Å². The average Bonchev–Trinajstić information content (AvgIpc) is 2.83. The molecule has 34 heavy (non-hydrogen) atoms. The molecule has 0 saturated carbocycles. The minimum Gasteiger partial charge on any atom is -0.494 e. The molecule has 1 aliphatic rings. The van der Waals surface area contributed by atoms with Crippen LogP contribution in [0.3, 0.4) is 0 Å². The van der Waals surface area contributed by atoms with Crippen molar-refractivity contribution in [1.82, 2.24) is 10.3 Å². The number of nitrogens with zero attached hydrogens (tertiary/aromatic N) is 2. The molecular weight excluding hydrogens is 448 g/mol. The number of carbonyl (C=O) groups is 2. The Balaban J connectivity index is 1.39. The van der Waals surface area contributed by atoms with Crippen molar-refractivity contribution in [3.05, 3.63) is 77.0 Å². The Hall–Kier alpha value is -3.52. The van der Waals surface area contributed by atoms with E-state index in [0.717, 1.165) is 39.0 Å². The van der Waals surface area contributed by atoms with Crippen LogP contribution < -0.4 is 20.3 Å². The quantitative estimate of drug-likeness (QED) is 0.513. The van der Waals surface area contributed by atoms with E-state index < -0.39 is 0 Å². The molecule has 1 aliphatic heterocycles. The Bertz CT molecular complexity index is 1200. The van der Waals surface area contributed by atoms with E-state index in [0.29, 0.717) is 30.9 Å². The summed E-state index contributed by atoms with van der Waals surface area (Å²) in [6.45, 7) is 7.43. The van der Waals surface area contributed by atoms with Crippen LogP contribution in [-0.2, 0) is 6.54 Å². The molecular formula is C26H28N4O3S. The van der Waals surface area contributed by atoms with E-state index in [9.17, 15) is 9.59 Å². The van der Waals surface area contributed by atoms with Gasteiger partial charge in [-0.25, -0.2) is 9.78 Å². The van der Waals surface area contributed by atoms with Crippen molar-refractivity contribution >= 4 is 35.1 Å². The second-order valence-corrected chi connectivity index (χ2v) is 9.05. The number of carbonyl (C=O) groups excluding carboxylic acids is 2. The number of aromatic nitrogens is 1. The normalized spacial score (nSPS) is 12.6. The number of hydrogen-bond donors (Lipinski definition) is 2. The fourth-order valence-corrected chi connectivity index (χ4v) is 4.98. The van der Waals surface area contributed by atoms with Gasteiger partial charge >= 0.3 is 6.03 Å². The monoisotopic (exact) mass is 476 g/mol. The fourth-order valence-electron chi connectivity index (χ4n) is 3.89. The number of urea groups is 1. The standard InChI is InChI=1S/C26H28N4O3S/c1-4-33-22-8-6-5-7-20(22)16-27-24(31)19-9-11-21(12-10-19)29-26(32)30-13-14-34-25-23(30)17(2)15-18(3)28-25/h5-12,15H,4,13-14,16H2,1-3H3,(H,27,31)(H,29,32). The molecule has 4 rings (SSSR count). The first-order chi connectivity index (χ1) is 16.5. The van der Waals surface area contributed by atoms with Crippen molar-refractivity contribution in [1.29, 1.82) is 0 Å². The molecule has 0 fully saturated rings. The van der Waals surface area contributed by atoms with Gasteiger partial charge in [0, 0.05) is 41.4 Å².